The van der Waals surface area contributed by atoms with Gasteiger partial charge in [0.15, 0.2) is 11.5 Å². The number of amides is 1. The predicted octanol–water partition coefficient (Wildman–Crippen LogP) is 7.04. The predicted molar refractivity (Wildman–Crippen MR) is 150 cm³/mol. The fourth-order valence-electron chi connectivity index (χ4n) is 5.91. The summed E-state index contributed by atoms with van der Waals surface area (Å²) >= 11 is 0. The molecule has 1 saturated carbocycles. The van der Waals surface area contributed by atoms with Gasteiger partial charge in [-0.2, -0.15) is 0 Å². The third-order valence-corrected chi connectivity index (χ3v) is 7.57. The summed E-state index contributed by atoms with van der Waals surface area (Å²) in [6, 6.07) is 7.73. The quantitative estimate of drug-likeness (QED) is 0.248. The Hall–Kier alpha value is -3.80. The Labute approximate surface area is 230 Å². The Morgan fingerprint density at radius 3 is 2.36 bits per heavy atom. The van der Waals surface area contributed by atoms with Gasteiger partial charge in [0.05, 0.1) is 6.57 Å². The SMILES string of the molecule is [C-]#[N+]c1c(C(=O)OC2C(C)CC(C)CC2C)c2nc(-c3ccccc3C)[nH]n2c1OC(=O)N(CCC)CCC. The highest BCUT2D eigenvalue weighted by atomic mass is 16.6. The fourth-order valence-corrected chi connectivity index (χ4v) is 5.91. The van der Waals surface area contributed by atoms with E-state index in [0.717, 1.165) is 36.8 Å². The zero-order chi connectivity index (χ0) is 28.3. The van der Waals surface area contributed by atoms with E-state index in [2.05, 4.69) is 30.7 Å². The highest BCUT2D eigenvalue weighted by Crippen LogP contribution is 2.41. The number of rotatable bonds is 8. The average Bonchev–Trinajstić information content (AvgIpc) is 3.43. The lowest BCUT2D eigenvalue weighted by atomic mass is 9.75. The molecule has 1 amide bonds. The van der Waals surface area contributed by atoms with Crippen molar-refractivity contribution >= 4 is 23.4 Å². The van der Waals surface area contributed by atoms with Crippen LogP contribution < -0.4 is 4.74 Å². The molecule has 1 aliphatic rings. The van der Waals surface area contributed by atoms with Crippen molar-refractivity contribution in [3.8, 4) is 17.3 Å². The van der Waals surface area contributed by atoms with Crippen LogP contribution in [0, 0.1) is 31.2 Å². The van der Waals surface area contributed by atoms with E-state index >= 15 is 0 Å². The number of hydrogen-bond acceptors (Lipinski definition) is 5. The number of ether oxygens (including phenoxy) is 2. The topological polar surface area (TPSA) is 93.3 Å². The second-order valence-corrected chi connectivity index (χ2v) is 10.9. The monoisotopic (exact) mass is 533 g/mol. The third-order valence-electron chi connectivity index (χ3n) is 7.57. The number of aromatic amines is 1. The molecular weight excluding hydrogens is 494 g/mol. The molecule has 9 nitrogen and oxygen atoms in total. The van der Waals surface area contributed by atoms with Crippen LogP contribution in [0.1, 0.15) is 76.2 Å². The van der Waals surface area contributed by atoms with Crippen LogP contribution in [0.15, 0.2) is 24.3 Å². The minimum absolute atomic E-state index is 0.0134. The second-order valence-electron chi connectivity index (χ2n) is 10.9. The zero-order valence-electron chi connectivity index (χ0n) is 23.8. The summed E-state index contributed by atoms with van der Waals surface area (Å²) in [4.78, 5) is 36.9. The van der Waals surface area contributed by atoms with Crippen molar-refractivity contribution in [1.29, 1.82) is 0 Å². The Morgan fingerprint density at radius 2 is 1.77 bits per heavy atom. The first-order chi connectivity index (χ1) is 18.7. The number of hydrogen-bond donors (Lipinski definition) is 1. The summed E-state index contributed by atoms with van der Waals surface area (Å²) in [5, 5.41) is 3.17. The maximum atomic E-state index is 13.7. The molecule has 1 fully saturated rings. The van der Waals surface area contributed by atoms with Crippen LogP contribution in [-0.2, 0) is 4.74 Å². The first-order valence-corrected chi connectivity index (χ1v) is 14.0. The van der Waals surface area contributed by atoms with Crippen LogP contribution in [0.25, 0.3) is 21.9 Å². The lowest BCUT2D eigenvalue weighted by Gasteiger charge is -2.37. The van der Waals surface area contributed by atoms with Crippen LogP contribution in [-0.4, -0.2) is 50.8 Å². The van der Waals surface area contributed by atoms with Crippen molar-refractivity contribution < 1.29 is 19.1 Å². The van der Waals surface area contributed by atoms with Crippen molar-refractivity contribution in [1.82, 2.24) is 19.5 Å². The second kappa shape index (κ2) is 11.9. The number of fused-ring (bicyclic) bond motifs is 1. The molecule has 3 aromatic rings. The van der Waals surface area contributed by atoms with E-state index in [1.54, 1.807) is 4.90 Å². The van der Waals surface area contributed by atoms with Crippen molar-refractivity contribution in [2.45, 2.75) is 73.3 Å². The van der Waals surface area contributed by atoms with Crippen LogP contribution in [0.5, 0.6) is 5.88 Å². The van der Waals surface area contributed by atoms with Crippen molar-refractivity contribution in [2.75, 3.05) is 13.1 Å². The van der Waals surface area contributed by atoms with Gasteiger partial charge in [-0.15, -0.1) is 0 Å². The van der Waals surface area contributed by atoms with Gasteiger partial charge in [-0.05, 0) is 55.9 Å². The molecule has 1 aromatic carbocycles. The average molecular weight is 534 g/mol. The molecule has 9 heteroatoms. The largest absolute Gasteiger partial charge is 0.459 e. The van der Waals surface area contributed by atoms with Crippen LogP contribution in [0.4, 0.5) is 10.5 Å². The molecule has 0 aliphatic heterocycles. The molecule has 39 heavy (non-hydrogen) atoms. The molecule has 0 saturated heterocycles. The van der Waals surface area contributed by atoms with Crippen molar-refractivity contribution in [3.05, 3.63) is 46.8 Å². The zero-order valence-corrected chi connectivity index (χ0v) is 23.8. The van der Waals surface area contributed by atoms with Gasteiger partial charge in [0.2, 0.25) is 5.88 Å². The standard InChI is InChI=1S/C30H39N5O4/c1-8-14-34(15-9-2)30(37)39-28-24(31-7)23(29(36)38-25-20(5)16-18(3)17-21(25)6)27-32-26(33-35(27)28)22-13-11-10-12-19(22)4/h10-13,18,20-21,25H,8-9,14-17H2,1-6H3,(H,32,33). The Balaban J connectivity index is 1.81. The van der Waals surface area contributed by atoms with Crippen molar-refractivity contribution in [2.24, 2.45) is 17.8 Å². The number of aromatic nitrogens is 3. The summed E-state index contributed by atoms with van der Waals surface area (Å²) in [7, 11) is 0. The van der Waals surface area contributed by atoms with E-state index in [-0.39, 0.29) is 40.7 Å². The number of aryl methyl sites for hydroxylation is 1. The maximum absolute atomic E-state index is 13.7. The number of carbonyl (C=O) groups is 2. The van der Waals surface area contributed by atoms with Gasteiger partial charge in [0.1, 0.15) is 11.7 Å². The minimum Gasteiger partial charge on any atom is -0.459 e. The number of benzene rings is 1. The molecule has 1 aliphatic carbocycles. The van der Waals surface area contributed by atoms with E-state index in [1.165, 1.54) is 4.52 Å². The van der Waals surface area contributed by atoms with Crippen LogP contribution in [0.2, 0.25) is 0 Å². The van der Waals surface area contributed by atoms with E-state index in [0.29, 0.717) is 24.8 Å². The van der Waals surface area contributed by atoms with Gasteiger partial charge in [0.25, 0.3) is 5.69 Å². The summed E-state index contributed by atoms with van der Waals surface area (Å²) in [5.74, 6) is 0.766. The molecule has 208 valence electrons. The molecule has 2 heterocycles. The number of esters is 1. The lowest BCUT2D eigenvalue weighted by Crippen LogP contribution is -2.37. The van der Waals surface area contributed by atoms with Crippen LogP contribution in [0.3, 0.4) is 0 Å². The van der Waals surface area contributed by atoms with Gasteiger partial charge in [0, 0.05) is 18.7 Å². The van der Waals surface area contributed by atoms with E-state index in [9.17, 15) is 9.59 Å². The van der Waals surface area contributed by atoms with Gasteiger partial charge in [-0.3, -0.25) is 5.10 Å². The van der Waals surface area contributed by atoms with Gasteiger partial charge in [-0.25, -0.2) is 23.9 Å². The Morgan fingerprint density at radius 1 is 1.13 bits per heavy atom. The molecule has 2 unspecified atom stereocenters. The van der Waals surface area contributed by atoms with E-state index in [4.69, 9.17) is 21.0 Å². The van der Waals surface area contributed by atoms with Crippen LogP contribution >= 0.6 is 0 Å². The number of nitrogens with one attached hydrogen (secondary N) is 1. The minimum atomic E-state index is -0.624. The molecule has 0 bridgehead atoms. The molecular formula is C30H39N5O4. The smallest absolute Gasteiger partial charge is 0.415 e. The van der Waals surface area contributed by atoms with Crippen molar-refractivity contribution in [3.63, 3.8) is 0 Å². The molecule has 1 N–H and O–H groups in total. The Kier molecular flexibility index (Phi) is 8.63. The van der Waals surface area contributed by atoms with E-state index < -0.39 is 12.1 Å². The highest BCUT2D eigenvalue weighted by molar-refractivity contribution is 6.05. The number of H-pyrrole nitrogens is 1. The summed E-state index contributed by atoms with van der Waals surface area (Å²) in [6.45, 7) is 21.3. The third kappa shape index (κ3) is 5.65. The molecule has 2 atom stereocenters. The fraction of sp³-hybridized carbons (Fsp3) is 0.533. The lowest BCUT2D eigenvalue weighted by molar-refractivity contribution is -0.0249. The molecule has 0 radical (unpaired) electrons. The first kappa shape index (κ1) is 28.2. The summed E-state index contributed by atoms with van der Waals surface area (Å²) in [5.41, 5.74) is 1.96. The summed E-state index contributed by atoms with van der Waals surface area (Å²) < 4.78 is 13.3. The van der Waals surface area contributed by atoms with Gasteiger partial charge in [-0.1, -0.05) is 58.9 Å². The van der Waals surface area contributed by atoms with Gasteiger partial charge < -0.3 is 14.4 Å². The maximum Gasteiger partial charge on any atom is 0.415 e. The molecule has 4 rings (SSSR count). The number of carbonyl (C=O) groups excluding carboxylic acids is 2. The number of nitrogens with zero attached hydrogens (tertiary/aromatic N) is 4. The highest BCUT2D eigenvalue weighted by Gasteiger charge is 2.37. The molecule has 0 spiro atoms. The normalized spacial score (nSPS) is 20.9. The Bertz CT molecular complexity index is 1370. The first-order valence-electron chi connectivity index (χ1n) is 14.0. The molecule has 2 aromatic heterocycles. The van der Waals surface area contributed by atoms with E-state index in [1.807, 2.05) is 45.0 Å². The summed E-state index contributed by atoms with van der Waals surface area (Å²) in [6.07, 6.45) is 2.63. The van der Waals surface area contributed by atoms with Gasteiger partial charge >= 0.3 is 12.1 Å².